The van der Waals surface area contributed by atoms with Crippen molar-refractivity contribution in [1.82, 2.24) is 4.57 Å². The lowest BCUT2D eigenvalue weighted by Crippen LogP contribution is -2.15. The largest absolute Gasteiger partial charge is 0.454 e. The number of nitrogens with zero attached hydrogens (tertiary/aromatic N) is 1. The van der Waals surface area contributed by atoms with Gasteiger partial charge in [-0.3, -0.25) is 4.79 Å². The normalized spacial score (nSPS) is 13.8. The van der Waals surface area contributed by atoms with Crippen molar-refractivity contribution in [1.29, 1.82) is 0 Å². The van der Waals surface area contributed by atoms with Gasteiger partial charge in [-0.2, -0.15) is 0 Å². The van der Waals surface area contributed by atoms with Crippen LogP contribution in [0.5, 0.6) is 0 Å². The summed E-state index contributed by atoms with van der Waals surface area (Å²) in [5.41, 5.74) is 2.88. The smallest absolute Gasteiger partial charge is 0.338 e. The SMILES string of the molecule is Cc1cc(C(=O)COC(=O)c2ccc(Cl)c(Cl)c2)c(C)n1C1CC1. The molecule has 6 heteroatoms. The number of esters is 1. The Bertz CT molecular complexity index is 822. The first-order valence-electron chi connectivity index (χ1n) is 7.72. The lowest BCUT2D eigenvalue weighted by molar-refractivity contribution is 0.0474. The Kier molecular flexibility index (Phi) is 4.70. The highest BCUT2D eigenvalue weighted by Gasteiger charge is 2.28. The minimum absolute atomic E-state index is 0.205. The summed E-state index contributed by atoms with van der Waals surface area (Å²) in [5.74, 6) is -0.804. The second kappa shape index (κ2) is 6.61. The molecule has 1 saturated carbocycles. The summed E-state index contributed by atoms with van der Waals surface area (Å²) in [6.45, 7) is 3.62. The summed E-state index contributed by atoms with van der Waals surface area (Å²) in [5, 5.41) is 0.627. The minimum Gasteiger partial charge on any atom is -0.454 e. The quantitative estimate of drug-likeness (QED) is 0.565. The first-order valence-corrected chi connectivity index (χ1v) is 8.48. The van der Waals surface area contributed by atoms with Crippen LogP contribution in [-0.4, -0.2) is 22.9 Å². The predicted octanol–water partition coefficient (Wildman–Crippen LogP) is 4.79. The van der Waals surface area contributed by atoms with E-state index in [1.165, 1.54) is 18.2 Å². The first kappa shape index (κ1) is 17.1. The van der Waals surface area contributed by atoms with Gasteiger partial charge in [0.15, 0.2) is 6.61 Å². The number of hydrogen-bond donors (Lipinski definition) is 0. The van der Waals surface area contributed by atoms with E-state index < -0.39 is 5.97 Å². The number of benzene rings is 1. The van der Waals surface area contributed by atoms with E-state index in [2.05, 4.69) is 4.57 Å². The van der Waals surface area contributed by atoms with Gasteiger partial charge in [0.1, 0.15) is 0 Å². The van der Waals surface area contributed by atoms with Crippen LogP contribution in [0.25, 0.3) is 0 Å². The number of hydrogen-bond acceptors (Lipinski definition) is 3. The summed E-state index contributed by atoms with van der Waals surface area (Å²) in [4.78, 5) is 24.4. The average Bonchev–Trinajstić information content (AvgIpc) is 3.32. The van der Waals surface area contributed by atoms with E-state index in [9.17, 15) is 9.59 Å². The van der Waals surface area contributed by atoms with Crippen LogP contribution < -0.4 is 0 Å². The van der Waals surface area contributed by atoms with Crippen molar-refractivity contribution in [3.63, 3.8) is 0 Å². The Morgan fingerprint density at radius 1 is 1.17 bits per heavy atom. The van der Waals surface area contributed by atoms with Gasteiger partial charge in [0.05, 0.1) is 15.6 Å². The van der Waals surface area contributed by atoms with Crippen LogP contribution in [0.2, 0.25) is 10.0 Å². The third kappa shape index (κ3) is 3.35. The molecule has 0 aliphatic heterocycles. The Morgan fingerprint density at radius 2 is 1.88 bits per heavy atom. The summed E-state index contributed by atoms with van der Waals surface area (Å²) >= 11 is 11.7. The monoisotopic (exact) mass is 365 g/mol. The highest BCUT2D eigenvalue weighted by atomic mass is 35.5. The standard InChI is InChI=1S/C18H17Cl2NO3/c1-10-7-14(11(2)21(10)13-4-5-13)17(22)9-24-18(23)12-3-6-15(19)16(20)8-12/h3,6-8,13H,4-5,9H2,1-2H3. The zero-order valence-corrected chi connectivity index (χ0v) is 14.9. The molecule has 0 unspecified atom stereocenters. The van der Waals surface area contributed by atoms with Crippen LogP contribution in [-0.2, 0) is 4.74 Å². The maximum Gasteiger partial charge on any atom is 0.338 e. The molecule has 1 aliphatic rings. The van der Waals surface area contributed by atoms with Gasteiger partial charge in [-0.25, -0.2) is 4.79 Å². The second-order valence-corrected chi connectivity index (χ2v) is 6.83. The van der Waals surface area contributed by atoms with Crippen molar-refractivity contribution in [2.24, 2.45) is 0 Å². The van der Waals surface area contributed by atoms with E-state index in [0.717, 1.165) is 24.2 Å². The number of aryl methyl sites for hydroxylation is 1. The Labute approximate surface area is 150 Å². The van der Waals surface area contributed by atoms with Crippen molar-refractivity contribution in [2.75, 3.05) is 6.61 Å². The van der Waals surface area contributed by atoms with Gasteiger partial charge in [-0.1, -0.05) is 23.2 Å². The number of carbonyl (C=O) groups is 2. The van der Waals surface area contributed by atoms with Gasteiger partial charge in [0.25, 0.3) is 0 Å². The van der Waals surface area contributed by atoms with Crippen LogP contribution >= 0.6 is 23.2 Å². The molecule has 1 heterocycles. The van der Waals surface area contributed by atoms with Gasteiger partial charge in [-0.15, -0.1) is 0 Å². The minimum atomic E-state index is -0.599. The van der Waals surface area contributed by atoms with Crippen LogP contribution in [0.4, 0.5) is 0 Å². The molecule has 2 aromatic rings. The van der Waals surface area contributed by atoms with Crippen molar-refractivity contribution in [3.05, 3.63) is 56.8 Å². The number of halogens is 2. The van der Waals surface area contributed by atoms with Crippen molar-refractivity contribution < 1.29 is 14.3 Å². The van der Waals surface area contributed by atoms with Crippen molar-refractivity contribution in [3.8, 4) is 0 Å². The number of Topliss-reactive ketones (excluding diaryl/α,β-unsaturated/α-hetero) is 1. The fourth-order valence-corrected chi connectivity index (χ4v) is 3.17. The average molecular weight is 366 g/mol. The number of ketones is 1. The van der Waals surface area contributed by atoms with Crippen LogP contribution in [0.1, 0.15) is 51.0 Å². The molecular formula is C18H17Cl2NO3. The van der Waals surface area contributed by atoms with Crippen LogP contribution in [0.15, 0.2) is 24.3 Å². The Hall–Kier alpha value is -1.78. The summed E-state index contributed by atoms with van der Waals surface area (Å²) in [6.07, 6.45) is 2.30. The molecule has 0 spiro atoms. The molecule has 126 valence electrons. The number of ether oxygens (including phenoxy) is 1. The third-order valence-electron chi connectivity index (χ3n) is 4.19. The molecule has 0 N–H and O–H groups in total. The lowest BCUT2D eigenvalue weighted by atomic mass is 10.1. The molecule has 1 aromatic carbocycles. The van der Waals surface area contributed by atoms with E-state index in [0.29, 0.717) is 16.6 Å². The van der Waals surface area contributed by atoms with E-state index in [4.69, 9.17) is 27.9 Å². The maximum absolute atomic E-state index is 12.4. The van der Waals surface area contributed by atoms with Gasteiger partial charge >= 0.3 is 5.97 Å². The zero-order chi connectivity index (χ0) is 17.4. The topological polar surface area (TPSA) is 48.3 Å². The number of carbonyl (C=O) groups excluding carboxylic acids is 2. The lowest BCUT2D eigenvalue weighted by Gasteiger charge is -2.08. The fourth-order valence-electron chi connectivity index (χ4n) is 2.87. The molecule has 1 aromatic heterocycles. The Morgan fingerprint density at radius 3 is 2.50 bits per heavy atom. The van der Waals surface area contributed by atoms with Crippen molar-refractivity contribution in [2.45, 2.75) is 32.7 Å². The van der Waals surface area contributed by atoms with Gasteiger partial charge in [-0.05, 0) is 51.0 Å². The van der Waals surface area contributed by atoms with Gasteiger partial charge in [0, 0.05) is 23.0 Å². The Balaban J connectivity index is 1.68. The fraction of sp³-hybridized carbons (Fsp3) is 0.333. The summed E-state index contributed by atoms with van der Waals surface area (Å²) < 4.78 is 7.31. The number of aromatic nitrogens is 1. The summed E-state index contributed by atoms with van der Waals surface area (Å²) in [7, 11) is 0. The number of rotatable bonds is 5. The highest BCUT2D eigenvalue weighted by Crippen LogP contribution is 2.38. The first-order chi connectivity index (χ1) is 11.4. The van der Waals surface area contributed by atoms with Gasteiger partial charge in [0.2, 0.25) is 5.78 Å². The molecular weight excluding hydrogens is 349 g/mol. The molecule has 1 aliphatic carbocycles. The molecule has 24 heavy (non-hydrogen) atoms. The molecule has 0 atom stereocenters. The third-order valence-corrected chi connectivity index (χ3v) is 4.93. The molecule has 3 rings (SSSR count). The summed E-state index contributed by atoms with van der Waals surface area (Å²) in [6, 6.07) is 6.83. The maximum atomic E-state index is 12.4. The van der Waals surface area contributed by atoms with E-state index in [1.54, 1.807) is 0 Å². The van der Waals surface area contributed by atoms with Crippen LogP contribution in [0.3, 0.4) is 0 Å². The highest BCUT2D eigenvalue weighted by molar-refractivity contribution is 6.42. The van der Waals surface area contributed by atoms with Crippen LogP contribution in [0, 0.1) is 13.8 Å². The molecule has 0 saturated heterocycles. The van der Waals surface area contributed by atoms with Crippen molar-refractivity contribution >= 4 is 35.0 Å². The van der Waals surface area contributed by atoms with Gasteiger partial charge < -0.3 is 9.30 Å². The molecule has 1 fully saturated rings. The van der Waals surface area contributed by atoms with E-state index in [-0.39, 0.29) is 23.0 Å². The van der Waals surface area contributed by atoms with E-state index >= 15 is 0 Å². The molecule has 0 amide bonds. The van der Waals surface area contributed by atoms with E-state index in [1.807, 2.05) is 19.9 Å². The molecule has 4 nitrogen and oxygen atoms in total. The molecule has 0 bridgehead atoms. The second-order valence-electron chi connectivity index (χ2n) is 6.01. The zero-order valence-electron chi connectivity index (χ0n) is 13.4. The predicted molar refractivity (Wildman–Crippen MR) is 93.3 cm³/mol. The molecule has 0 radical (unpaired) electrons.